The fraction of sp³-hybridized carbons (Fsp3) is 0.308. The number of benzene rings is 1. The van der Waals surface area contributed by atoms with Crippen LogP contribution in [-0.2, 0) is 0 Å². The van der Waals surface area contributed by atoms with E-state index < -0.39 is 0 Å². The second-order valence-corrected chi connectivity index (χ2v) is 7.15. The molecule has 0 spiro atoms. The largest absolute Gasteiger partial charge is 0.333 e. The molecule has 1 amide bonds. The molecule has 20 heavy (non-hydrogen) atoms. The molecule has 0 fully saturated rings. The van der Waals surface area contributed by atoms with Gasteiger partial charge in [0.25, 0.3) is 5.91 Å². The SMILES string of the molecule is CN(C(=O)c1cnsn1)[C@H]1CCSc2ccc(Br)cc21. The van der Waals surface area contributed by atoms with Crippen molar-refractivity contribution in [2.75, 3.05) is 12.8 Å². The van der Waals surface area contributed by atoms with Crippen LogP contribution in [0.25, 0.3) is 0 Å². The van der Waals surface area contributed by atoms with Crippen LogP contribution in [0.1, 0.15) is 28.5 Å². The summed E-state index contributed by atoms with van der Waals surface area (Å²) in [7, 11) is 1.84. The second-order valence-electron chi connectivity index (χ2n) is 4.54. The molecule has 7 heteroatoms. The van der Waals surface area contributed by atoms with Crippen LogP contribution in [0.4, 0.5) is 0 Å². The van der Waals surface area contributed by atoms with Crippen LogP contribution in [0.2, 0.25) is 0 Å². The minimum absolute atomic E-state index is 0.0680. The molecule has 1 aliphatic heterocycles. The summed E-state index contributed by atoms with van der Waals surface area (Å²) in [6.45, 7) is 0. The normalized spacial score (nSPS) is 17.6. The van der Waals surface area contributed by atoms with Gasteiger partial charge in [0.05, 0.1) is 24.0 Å². The van der Waals surface area contributed by atoms with Gasteiger partial charge in [-0.05, 0) is 30.2 Å². The van der Waals surface area contributed by atoms with Gasteiger partial charge in [-0.1, -0.05) is 15.9 Å². The van der Waals surface area contributed by atoms with Crippen molar-refractivity contribution in [2.45, 2.75) is 17.4 Å². The van der Waals surface area contributed by atoms with E-state index in [-0.39, 0.29) is 11.9 Å². The molecule has 0 unspecified atom stereocenters. The average Bonchev–Trinajstić information content (AvgIpc) is 2.99. The summed E-state index contributed by atoms with van der Waals surface area (Å²) >= 11 is 6.41. The Bertz CT molecular complexity index is 633. The Balaban J connectivity index is 1.92. The third kappa shape index (κ3) is 2.62. The van der Waals surface area contributed by atoms with Crippen LogP contribution in [-0.4, -0.2) is 32.4 Å². The van der Waals surface area contributed by atoms with E-state index in [1.165, 1.54) is 16.7 Å². The number of carbonyl (C=O) groups excluding carboxylic acids is 1. The summed E-state index contributed by atoms with van der Waals surface area (Å²) in [5, 5.41) is 0. The number of amides is 1. The van der Waals surface area contributed by atoms with E-state index in [1.54, 1.807) is 4.90 Å². The molecule has 1 aliphatic rings. The monoisotopic (exact) mass is 369 g/mol. The van der Waals surface area contributed by atoms with E-state index in [0.29, 0.717) is 5.69 Å². The maximum atomic E-state index is 12.4. The Kier molecular flexibility index (Phi) is 4.09. The Hall–Kier alpha value is -0.920. The van der Waals surface area contributed by atoms with E-state index in [2.05, 4.69) is 36.8 Å². The fourth-order valence-electron chi connectivity index (χ4n) is 2.33. The van der Waals surface area contributed by atoms with E-state index in [9.17, 15) is 4.79 Å². The number of nitrogens with zero attached hydrogens (tertiary/aromatic N) is 3. The second kappa shape index (κ2) is 5.83. The molecule has 3 rings (SSSR count). The molecular weight excluding hydrogens is 358 g/mol. The van der Waals surface area contributed by atoms with Crippen LogP contribution in [0, 0.1) is 0 Å². The molecule has 0 aliphatic carbocycles. The predicted molar refractivity (Wildman–Crippen MR) is 84.2 cm³/mol. The summed E-state index contributed by atoms with van der Waals surface area (Å²) in [4.78, 5) is 15.4. The minimum Gasteiger partial charge on any atom is -0.333 e. The smallest absolute Gasteiger partial charge is 0.275 e. The molecule has 4 nitrogen and oxygen atoms in total. The van der Waals surface area contributed by atoms with Crippen molar-refractivity contribution in [3.05, 3.63) is 40.1 Å². The first-order valence-corrected chi connectivity index (χ1v) is 8.64. The third-order valence-corrected chi connectivity index (χ3v) is 5.44. The van der Waals surface area contributed by atoms with E-state index >= 15 is 0 Å². The lowest BCUT2D eigenvalue weighted by molar-refractivity contribution is 0.0719. The number of thioether (sulfide) groups is 1. The van der Waals surface area contributed by atoms with E-state index in [1.807, 2.05) is 24.9 Å². The number of aromatic nitrogens is 2. The van der Waals surface area contributed by atoms with Gasteiger partial charge < -0.3 is 4.90 Å². The first-order valence-electron chi connectivity index (χ1n) is 6.14. The molecule has 0 saturated carbocycles. The lowest BCUT2D eigenvalue weighted by Gasteiger charge is -2.32. The van der Waals surface area contributed by atoms with Gasteiger partial charge in [0.15, 0.2) is 5.69 Å². The molecule has 104 valence electrons. The molecule has 1 atom stereocenters. The zero-order valence-corrected chi connectivity index (χ0v) is 14.0. The van der Waals surface area contributed by atoms with Crippen LogP contribution < -0.4 is 0 Å². The molecule has 1 aromatic carbocycles. The molecule has 0 N–H and O–H groups in total. The van der Waals surface area contributed by atoms with Crippen LogP contribution in [0.15, 0.2) is 33.8 Å². The average molecular weight is 370 g/mol. The number of hydrogen-bond acceptors (Lipinski definition) is 5. The maximum absolute atomic E-state index is 12.4. The van der Waals surface area contributed by atoms with Crippen LogP contribution in [0.5, 0.6) is 0 Å². The van der Waals surface area contributed by atoms with Crippen LogP contribution in [0.3, 0.4) is 0 Å². The van der Waals surface area contributed by atoms with Gasteiger partial charge >= 0.3 is 0 Å². The van der Waals surface area contributed by atoms with Crippen molar-refractivity contribution in [1.82, 2.24) is 13.6 Å². The highest BCUT2D eigenvalue weighted by molar-refractivity contribution is 9.10. The summed E-state index contributed by atoms with van der Waals surface area (Å²) in [5.74, 6) is 0.952. The summed E-state index contributed by atoms with van der Waals surface area (Å²) in [6.07, 6.45) is 2.48. The van der Waals surface area contributed by atoms with Crippen molar-refractivity contribution in [2.24, 2.45) is 0 Å². The first kappa shape index (κ1) is 14.0. The van der Waals surface area contributed by atoms with Gasteiger partial charge in [-0.15, -0.1) is 11.8 Å². The Labute approximate surface area is 134 Å². The number of carbonyl (C=O) groups is 1. The zero-order chi connectivity index (χ0) is 14.1. The van der Waals surface area contributed by atoms with Crippen molar-refractivity contribution < 1.29 is 4.79 Å². The molecule has 0 radical (unpaired) electrons. The lowest BCUT2D eigenvalue weighted by Crippen LogP contribution is -2.33. The fourth-order valence-corrected chi connectivity index (χ4v) is 4.20. The van der Waals surface area contributed by atoms with Crippen molar-refractivity contribution in [3.8, 4) is 0 Å². The number of hydrogen-bond donors (Lipinski definition) is 0. The van der Waals surface area contributed by atoms with Gasteiger partial charge in [0.2, 0.25) is 0 Å². The summed E-state index contributed by atoms with van der Waals surface area (Å²) in [6, 6.07) is 6.35. The Morgan fingerprint density at radius 1 is 1.50 bits per heavy atom. The molecule has 0 bridgehead atoms. The van der Waals surface area contributed by atoms with Crippen LogP contribution >= 0.6 is 39.4 Å². The van der Waals surface area contributed by atoms with Gasteiger partial charge in [-0.2, -0.15) is 8.75 Å². The number of halogens is 1. The van der Waals surface area contributed by atoms with Crippen molar-refractivity contribution >= 4 is 45.3 Å². The van der Waals surface area contributed by atoms with E-state index in [0.717, 1.165) is 28.4 Å². The summed E-state index contributed by atoms with van der Waals surface area (Å²) < 4.78 is 8.97. The molecule has 2 heterocycles. The van der Waals surface area contributed by atoms with Gasteiger partial charge in [0.1, 0.15) is 0 Å². The molecule has 0 saturated heterocycles. The standard InChI is InChI=1S/C13H12BrN3OS2/c1-17(13(18)10-7-15-20-16-10)11-4-5-19-12-3-2-8(14)6-9(11)12/h2-3,6-7,11H,4-5H2,1H3/t11-/m0/s1. The number of fused-ring (bicyclic) bond motifs is 1. The quantitative estimate of drug-likeness (QED) is 0.810. The topological polar surface area (TPSA) is 46.1 Å². The Morgan fingerprint density at radius 2 is 2.35 bits per heavy atom. The highest BCUT2D eigenvalue weighted by Gasteiger charge is 2.28. The maximum Gasteiger partial charge on any atom is 0.275 e. The molecular formula is C13H12BrN3OS2. The first-order chi connectivity index (χ1) is 9.66. The Morgan fingerprint density at radius 3 is 3.10 bits per heavy atom. The zero-order valence-electron chi connectivity index (χ0n) is 10.7. The van der Waals surface area contributed by atoms with Crippen molar-refractivity contribution in [1.29, 1.82) is 0 Å². The lowest BCUT2D eigenvalue weighted by atomic mass is 10.0. The van der Waals surface area contributed by atoms with E-state index in [4.69, 9.17) is 0 Å². The third-order valence-electron chi connectivity index (χ3n) is 3.35. The number of rotatable bonds is 2. The van der Waals surface area contributed by atoms with Gasteiger partial charge in [-0.25, -0.2) is 0 Å². The highest BCUT2D eigenvalue weighted by Crippen LogP contribution is 2.40. The van der Waals surface area contributed by atoms with Gasteiger partial charge in [-0.3, -0.25) is 4.79 Å². The van der Waals surface area contributed by atoms with Crippen molar-refractivity contribution in [3.63, 3.8) is 0 Å². The summed E-state index contributed by atoms with van der Waals surface area (Å²) in [5.41, 5.74) is 1.63. The molecule has 1 aromatic heterocycles. The minimum atomic E-state index is -0.0680. The molecule has 2 aromatic rings. The highest BCUT2D eigenvalue weighted by atomic mass is 79.9. The van der Waals surface area contributed by atoms with Gasteiger partial charge in [0, 0.05) is 22.2 Å². The predicted octanol–water partition coefficient (Wildman–Crippen LogP) is 3.61.